The summed E-state index contributed by atoms with van der Waals surface area (Å²) in [7, 11) is 0. The molecule has 6 heteroatoms. The SMILES string of the molecule is [C-]#[N+]c1ccccc1-c1ccc2c3ccccc3n(-c3cc(-c4nc(C)nc(C)n4)ccc3C#N)c2c1. The van der Waals surface area contributed by atoms with Crippen LogP contribution >= 0.6 is 0 Å². The summed E-state index contributed by atoms with van der Waals surface area (Å²) >= 11 is 0. The molecule has 0 saturated carbocycles. The van der Waals surface area contributed by atoms with Crippen molar-refractivity contribution in [2.45, 2.75) is 13.8 Å². The van der Waals surface area contributed by atoms with Crippen molar-refractivity contribution >= 4 is 27.5 Å². The highest BCUT2D eigenvalue weighted by Gasteiger charge is 2.18. The third-order valence-electron chi connectivity index (χ3n) is 6.49. The van der Waals surface area contributed by atoms with Crippen molar-refractivity contribution < 1.29 is 0 Å². The maximum Gasteiger partial charge on any atom is 0.194 e. The third-order valence-corrected chi connectivity index (χ3v) is 6.49. The van der Waals surface area contributed by atoms with E-state index in [1.54, 1.807) is 0 Å². The van der Waals surface area contributed by atoms with Crippen LogP contribution in [0.5, 0.6) is 0 Å². The predicted octanol–water partition coefficient (Wildman–Crippen LogP) is 7.34. The van der Waals surface area contributed by atoms with E-state index in [1.807, 2.05) is 68.4 Å². The van der Waals surface area contributed by atoms with Gasteiger partial charge in [0.25, 0.3) is 0 Å². The Kier molecular flexibility index (Phi) is 5.22. The van der Waals surface area contributed by atoms with Crippen molar-refractivity contribution in [3.05, 3.63) is 114 Å². The van der Waals surface area contributed by atoms with E-state index in [-0.39, 0.29) is 0 Å². The van der Waals surface area contributed by atoms with E-state index in [0.29, 0.717) is 28.7 Å². The molecule has 6 rings (SSSR count). The quantitative estimate of drug-likeness (QED) is 0.251. The van der Waals surface area contributed by atoms with Crippen LogP contribution in [0.25, 0.3) is 54.9 Å². The zero-order valence-corrected chi connectivity index (χ0v) is 20.3. The number of benzene rings is 4. The van der Waals surface area contributed by atoms with E-state index in [1.165, 1.54) is 0 Å². The summed E-state index contributed by atoms with van der Waals surface area (Å²) in [5.41, 5.74) is 6.47. The molecule has 0 unspecified atom stereocenters. The zero-order valence-electron chi connectivity index (χ0n) is 20.3. The van der Waals surface area contributed by atoms with Gasteiger partial charge in [0.15, 0.2) is 11.5 Å². The Morgan fingerprint density at radius 2 is 1.46 bits per heavy atom. The van der Waals surface area contributed by atoms with Gasteiger partial charge in [-0.05, 0) is 55.3 Å². The molecule has 0 fully saturated rings. The fourth-order valence-corrected chi connectivity index (χ4v) is 4.91. The van der Waals surface area contributed by atoms with Crippen LogP contribution < -0.4 is 0 Å². The standard InChI is InChI=1S/C31H20N6/c1-19-34-20(2)36-31(35-19)22-12-13-23(18-32)29(17-22)37-28-11-7-5-9-25(28)26-15-14-21(16-30(26)37)24-8-4-6-10-27(24)33-3/h4-17H,1-2H3. The lowest BCUT2D eigenvalue weighted by Gasteiger charge is -2.13. The van der Waals surface area contributed by atoms with Gasteiger partial charge < -0.3 is 4.57 Å². The van der Waals surface area contributed by atoms with Crippen LogP contribution in [-0.2, 0) is 0 Å². The zero-order chi connectivity index (χ0) is 25.5. The summed E-state index contributed by atoms with van der Waals surface area (Å²) < 4.78 is 2.12. The van der Waals surface area contributed by atoms with E-state index < -0.39 is 0 Å². The maximum absolute atomic E-state index is 10.1. The lowest BCUT2D eigenvalue weighted by Crippen LogP contribution is -2.02. The molecule has 37 heavy (non-hydrogen) atoms. The summed E-state index contributed by atoms with van der Waals surface area (Å²) in [5.74, 6) is 1.87. The fraction of sp³-hybridized carbons (Fsp3) is 0.0645. The molecular weight excluding hydrogens is 456 g/mol. The highest BCUT2D eigenvalue weighted by molar-refractivity contribution is 6.10. The minimum atomic E-state index is 0.542. The molecule has 0 aliphatic rings. The molecule has 4 aromatic carbocycles. The van der Waals surface area contributed by atoms with Gasteiger partial charge in [0.2, 0.25) is 0 Å². The van der Waals surface area contributed by atoms with Crippen molar-refractivity contribution in [1.29, 1.82) is 5.26 Å². The average Bonchev–Trinajstić information content (AvgIpc) is 3.25. The van der Waals surface area contributed by atoms with E-state index in [0.717, 1.165) is 44.2 Å². The van der Waals surface area contributed by atoms with Crippen molar-refractivity contribution in [3.63, 3.8) is 0 Å². The molecule has 0 aliphatic heterocycles. The second-order valence-electron chi connectivity index (χ2n) is 8.81. The first-order valence-electron chi connectivity index (χ1n) is 11.8. The molecule has 2 aromatic heterocycles. The summed E-state index contributed by atoms with van der Waals surface area (Å²) in [4.78, 5) is 17.1. The first kappa shape index (κ1) is 22.2. The molecule has 6 nitrogen and oxygen atoms in total. The van der Waals surface area contributed by atoms with Gasteiger partial charge in [-0.25, -0.2) is 19.8 Å². The van der Waals surface area contributed by atoms with Crippen LogP contribution in [0.4, 0.5) is 5.69 Å². The number of fused-ring (bicyclic) bond motifs is 3. The second kappa shape index (κ2) is 8.71. The van der Waals surface area contributed by atoms with Gasteiger partial charge in [-0.3, -0.25) is 0 Å². The maximum atomic E-state index is 10.1. The number of nitrogens with zero attached hydrogens (tertiary/aromatic N) is 6. The van der Waals surface area contributed by atoms with Crippen molar-refractivity contribution in [1.82, 2.24) is 19.5 Å². The first-order valence-corrected chi connectivity index (χ1v) is 11.8. The van der Waals surface area contributed by atoms with Crippen LogP contribution in [0, 0.1) is 31.8 Å². The topological polar surface area (TPSA) is 71.8 Å². The number of aromatic nitrogens is 4. The Bertz CT molecular complexity index is 1910. The van der Waals surface area contributed by atoms with Gasteiger partial charge >= 0.3 is 0 Å². The smallest absolute Gasteiger partial charge is 0.194 e. The lowest BCUT2D eigenvalue weighted by molar-refractivity contribution is 0.928. The number of hydrogen-bond donors (Lipinski definition) is 0. The van der Waals surface area contributed by atoms with Gasteiger partial charge in [-0.1, -0.05) is 54.6 Å². The molecule has 0 aliphatic carbocycles. The van der Waals surface area contributed by atoms with Crippen LogP contribution in [0.3, 0.4) is 0 Å². The second-order valence-corrected chi connectivity index (χ2v) is 8.81. The van der Waals surface area contributed by atoms with Crippen molar-refractivity contribution in [2.75, 3.05) is 0 Å². The van der Waals surface area contributed by atoms with E-state index in [4.69, 9.17) is 6.57 Å². The van der Waals surface area contributed by atoms with Gasteiger partial charge in [-0.15, -0.1) is 0 Å². The Labute approximate surface area is 213 Å². The summed E-state index contributed by atoms with van der Waals surface area (Å²) in [5, 5.41) is 12.2. The van der Waals surface area contributed by atoms with Gasteiger partial charge in [-0.2, -0.15) is 5.26 Å². The highest BCUT2D eigenvalue weighted by Crippen LogP contribution is 2.38. The van der Waals surface area contributed by atoms with Crippen LogP contribution in [0.15, 0.2) is 84.9 Å². The lowest BCUT2D eigenvalue weighted by atomic mass is 10.0. The molecule has 0 spiro atoms. The number of rotatable bonds is 3. The fourth-order valence-electron chi connectivity index (χ4n) is 4.91. The Morgan fingerprint density at radius 1 is 0.757 bits per heavy atom. The molecule has 0 N–H and O–H groups in total. The number of nitriles is 1. The van der Waals surface area contributed by atoms with Crippen LogP contribution in [-0.4, -0.2) is 19.5 Å². The minimum Gasteiger partial charge on any atom is -0.308 e. The molecule has 0 bridgehead atoms. The Morgan fingerprint density at radius 3 is 2.24 bits per heavy atom. The monoisotopic (exact) mass is 476 g/mol. The van der Waals surface area contributed by atoms with Gasteiger partial charge in [0.05, 0.1) is 28.9 Å². The normalized spacial score (nSPS) is 10.9. The summed E-state index contributed by atoms with van der Waals surface area (Å²) in [6.07, 6.45) is 0. The van der Waals surface area contributed by atoms with Crippen LogP contribution in [0.1, 0.15) is 17.2 Å². The number of hydrogen-bond acceptors (Lipinski definition) is 4. The molecule has 0 radical (unpaired) electrons. The first-order chi connectivity index (χ1) is 18.1. The Balaban J connectivity index is 1.68. The van der Waals surface area contributed by atoms with Gasteiger partial charge in [0.1, 0.15) is 17.7 Å². The van der Waals surface area contributed by atoms with E-state index in [2.05, 4.69) is 60.8 Å². The predicted molar refractivity (Wildman–Crippen MR) is 145 cm³/mol. The van der Waals surface area contributed by atoms with Crippen molar-refractivity contribution in [3.8, 4) is 34.3 Å². The number of para-hydroxylation sites is 2. The molecule has 0 saturated heterocycles. The highest BCUT2D eigenvalue weighted by atomic mass is 15.0. The summed E-state index contributed by atoms with van der Waals surface area (Å²) in [6, 6.07) is 30.1. The third kappa shape index (κ3) is 3.69. The van der Waals surface area contributed by atoms with Crippen LogP contribution in [0.2, 0.25) is 0 Å². The molecule has 0 atom stereocenters. The molecular formula is C31H20N6. The average molecular weight is 477 g/mol. The molecule has 0 amide bonds. The van der Waals surface area contributed by atoms with Gasteiger partial charge in [0, 0.05) is 16.3 Å². The van der Waals surface area contributed by atoms with Crippen molar-refractivity contribution in [2.24, 2.45) is 0 Å². The minimum absolute atomic E-state index is 0.542. The summed E-state index contributed by atoms with van der Waals surface area (Å²) in [6.45, 7) is 11.3. The molecule has 174 valence electrons. The van der Waals surface area contributed by atoms with E-state index in [9.17, 15) is 5.26 Å². The Hall–Kier alpha value is -5.33. The molecule has 2 heterocycles. The molecule has 6 aromatic rings. The largest absolute Gasteiger partial charge is 0.308 e. The number of aryl methyl sites for hydroxylation is 2. The van der Waals surface area contributed by atoms with E-state index >= 15 is 0 Å².